The molecule has 2 aromatic heterocycles. The lowest BCUT2D eigenvalue weighted by Crippen LogP contribution is -2.29. The standard InChI is InChI=1S/C19H28N6O/c1-14-23-17(13-18(24-14)25-12-11-20-15(25)2)21-9-10-22-19(26)8-7-16-5-3-4-6-16/h11-13,16H,3-10H2,1-2H3,(H,22,26)(H,21,23,24). The zero-order chi connectivity index (χ0) is 18.4. The number of hydrogen-bond acceptors (Lipinski definition) is 5. The van der Waals surface area contributed by atoms with Crippen LogP contribution in [0.15, 0.2) is 18.5 Å². The quantitative estimate of drug-likeness (QED) is 0.711. The van der Waals surface area contributed by atoms with Gasteiger partial charge in [0, 0.05) is 38.0 Å². The van der Waals surface area contributed by atoms with Crippen LogP contribution in [0.4, 0.5) is 5.82 Å². The fraction of sp³-hybridized carbons (Fsp3) is 0.579. The van der Waals surface area contributed by atoms with Crippen molar-refractivity contribution in [3.8, 4) is 5.82 Å². The third-order valence-electron chi connectivity index (χ3n) is 4.90. The fourth-order valence-corrected chi connectivity index (χ4v) is 3.50. The maximum atomic E-state index is 11.9. The molecule has 0 spiro atoms. The van der Waals surface area contributed by atoms with E-state index >= 15 is 0 Å². The normalized spacial score (nSPS) is 14.5. The lowest BCUT2D eigenvalue weighted by molar-refractivity contribution is -0.121. The molecular formula is C19H28N6O. The van der Waals surface area contributed by atoms with E-state index < -0.39 is 0 Å². The molecule has 7 heteroatoms. The van der Waals surface area contributed by atoms with Crippen LogP contribution in [0.5, 0.6) is 0 Å². The van der Waals surface area contributed by atoms with E-state index in [0.29, 0.717) is 25.3 Å². The van der Waals surface area contributed by atoms with Crippen LogP contribution in [0.2, 0.25) is 0 Å². The summed E-state index contributed by atoms with van der Waals surface area (Å²) in [5.74, 6) is 4.01. The molecule has 1 aliphatic carbocycles. The predicted molar refractivity (Wildman–Crippen MR) is 101 cm³/mol. The van der Waals surface area contributed by atoms with Crippen molar-refractivity contribution < 1.29 is 4.79 Å². The van der Waals surface area contributed by atoms with Gasteiger partial charge in [0.2, 0.25) is 5.91 Å². The van der Waals surface area contributed by atoms with Crippen molar-refractivity contribution in [3.63, 3.8) is 0 Å². The minimum Gasteiger partial charge on any atom is -0.368 e. The average molecular weight is 356 g/mol. The van der Waals surface area contributed by atoms with Gasteiger partial charge in [0.1, 0.15) is 23.3 Å². The van der Waals surface area contributed by atoms with Gasteiger partial charge < -0.3 is 10.6 Å². The Labute approximate surface area is 154 Å². The molecule has 2 aromatic rings. The van der Waals surface area contributed by atoms with Crippen LogP contribution in [-0.2, 0) is 4.79 Å². The summed E-state index contributed by atoms with van der Waals surface area (Å²) >= 11 is 0. The number of rotatable bonds is 8. The second-order valence-corrected chi connectivity index (χ2v) is 6.97. The van der Waals surface area contributed by atoms with Gasteiger partial charge in [-0.15, -0.1) is 0 Å². The van der Waals surface area contributed by atoms with Crippen LogP contribution in [0.1, 0.15) is 50.2 Å². The first-order chi connectivity index (χ1) is 12.6. The van der Waals surface area contributed by atoms with E-state index in [1.807, 2.05) is 30.7 Å². The topological polar surface area (TPSA) is 84.7 Å². The highest BCUT2D eigenvalue weighted by Crippen LogP contribution is 2.28. The van der Waals surface area contributed by atoms with E-state index in [1.54, 1.807) is 6.20 Å². The average Bonchev–Trinajstić information content (AvgIpc) is 3.28. The molecule has 26 heavy (non-hydrogen) atoms. The van der Waals surface area contributed by atoms with E-state index in [2.05, 4.69) is 25.6 Å². The lowest BCUT2D eigenvalue weighted by Gasteiger charge is -2.11. The summed E-state index contributed by atoms with van der Waals surface area (Å²) in [6.45, 7) is 5.03. The zero-order valence-corrected chi connectivity index (χ0v) is 15.7. The summed E-state index contributed by atoms with van der Waals surface area (Å²) in [7, 11) is 0. The minimum absolute atomic E-state index is 0.146. The summed E-state index contributed by atoms with van der Waals surface area (Å²) in [5, 5.41) is 6.24. The Hall–Kier alpha value is -2.44. The molecule has 0 aromatic carbocycles. The monoisotopic (exact) mass is 356 g/mol. The van der Waals surface area contributed by atoms with Crippen LogP contribution in [-0.4, -0.2) is 38.5 Å². The molecular weight excluding hydrogens is 328 g/mol. The van der Waals surface area contributed by atoms with Gasteiger partial charge in [-0.2, -0.15) is 0 Å². The molecule has 0 saturated heterocycles. The van der Waals surface area contributed by atoms with E-state index in [1.165, 1.54) is 25.7 Å². The number of carbonyl (C=O) groups is 1. The van der Waals surface area contributed by atoms with Gasteiger partial charge >= 0.3 is 0 Å². The van der Waals surface area contributed by atoms with E-state index in [9.17, 15) is 4.79 Å². The van der Waals surface area contributed by atoms with Crippen molar-refractivity contribution in [2.24, 2.45) is 5.92 Å². The third kappa shape index (κ3) is 5.03. The van der Waals surface area contributed by atoms with Gasteiger partial charge in [0.15, 0.2) is 0 Å². The van der Waals surface area contributed by atoms with E-state index in [-0.39, 0.29) is 5.91 Å². The molecule has 1 aliphatic rings. The van der Waals surface area contributed by atoms with Crippen molar-refractivity contribution in [1.29, 1.82) is 0 Å². The largest absolute Gasteiger partial charge is 0.368 e. The third-order valence-corrected chi connectivity index (χ3v) is 4.90. The smallest absolute Gasteiger partial charge is 0.220 e. The van der Waals surface area contributed by atoms with Crippen molar-refractivity contribution >= 4 is 11.7 Å². The van der Waals surface area contributed by atoms with Crippen LogP contribution >= 0.6 is 0 Å². The van der Waals surface area contributed by atoms with Gasteiger partial charge in [0.25, 0.3) is 0 Å². The van der Waals surface area contributed by atoms with Gasteiger partial charge in [-0.3, -0.25) is 9.36 Å². The highest BCUT2D eigenvalue weighted by atomic mass is 16.1. The minimum atomic E-state index is 0.146. The number of hydrogen-bond donors (Lipinski definition) is 2. The molecule has 7 nitrogen and oxygen atoms in total. The molecule has 1 amide bonds. The summed E-state index contributed by atoms with van der Waals surface area (Å²) in [5.41, 5.74) is 0. The Bertz CT molecular complexity index is 735. The number of nitrogens with one attached hydrogen (secondary N) is 2. The molecule has 2 N–H and O–H groups in total. The van der Waals surface area contributed by atoms with Crippen molar-refractivity contribution in [1.82, 2.24) is 24.8 Å². The van der Waals surface area contributed by atoms with Crippen molar-refractivity contribution in [2.45, 2.75) is 52.4 Å². The maximum absolute atomic E-state index is 11.9. The van der Waals surface area contributed by atoms with Gasteiger partial charge in [0.05, 0.1) is 0 Å². The van der Waals surface area contributed by atoms with E-state index in [0.717, 1.165) is 29.8 Å². The number of imidazole rings is 1. The molecule has 0 radical (unpaired) electrons. The first-order valence-electron chi connectivity index (χ1n) is 9.48. The van der Waals surface area contributed by atoms with Gasteiger partial charge in [-0.25, -0.2) is 15.0 Å². The molecule has 0 unspecified atom stereocenters. The molecule has 140 valence electrons. The second kappa shape index (κ2) is 8.78. The SMILES string of the molecule is Cc1nc(NCCNC(=O)CCC2CCCC2)cc(-n2ccnc2C)n1. The Balaban J connectivity index is 1.44. The molecule has 1 fully saturated rings. The maximum Gasteiger partial charge on any atom is 0.220 e. The number of nitrogens with zero attached hydrogens (tertiary/aromatic N) is 4. The van der Waals surface area contributed by atoms with Gasteiger partial charge in [-0.1, -0.05) is 25.7 Å². The molecule has 0 aliphatic heterocycles. The highest BCUT2D eigenvalue weighted by Gasteiger charge is 2.15. The fourth-order valence-electron chi connectivity index (χ4n) is 3.50. The second-order valence-electron chi connectivity index (χ2n) is 6.97. The summed E-state index contributed by atoms with van der Waals surface area (Å²) in [4.78, 5) is 25.0. The van der Waals surface area contributed by atoms with Gasteiger partial charge in [-0.05, 0) is 26.2 Å². The van der Waals surface area contributed by atoms with Crippen LogP contribution < -0.4 is 10.6 Å². The Kier molecular flexibility index (Phi) is 6.20. The van der Waals surface area contributed by atoms with Crippen LogP contribution in [0.25, 0.3) is 5.82 Å². The molecule has 3 rings (SSSR count). The van der Waals surface area contributed by atoms with Crippen LogP contribution in [0, 0.1) is 19.8 Å². The molecule has 1 saturated carbocycles. The highest BCUT2D eigenvalue weighted by molar-refractivity contribution is 5.75. The first kappa shape index (κ1) is 18.4. The van der Waals surface area contributed by atoms with E-state index in [4.69, 9.17) is 0 Å². The first-order valence-corrected chi connectivity index (χ1v) is 9.48. The Morgan fingerprint density at radius 3 is 2.77 bits per heavy atom. The lowest BCUT2D eigenvalue weighted by atomic mass is 10.0. The molecule has 0 bridgehead atoms. The van der Waals surface area contributed by atoms with Crippen molar-refractivity contribution in [3.05, 3.63) is 30.1 Å². The Morgan fingerprint density at radius 1 is 1.23 bits per heavy atom. The summed E-state index contributed by atoms with van der Waals surface area (Å²) in [6, 6.07) is 1.89. The molecule has 2 heterocycles. The van der Waals surface area contributed by atoms with Crippen LogP contribution in [0.3, 0.4) is 0 Å². The number of aryl methyl sites for hydroxylation is 2. The predicted octanol–water partition coefficient (Wildman–Crippen LogP) is 2.78. The van der Waals surface area contributed by atoms with Crippen molar-refractivity contribution in [2.75, 3.05) is 18.4 Å². The Morgan fingerprint density at radius 2 is 2.04 bits per heavy atom. The summed E-state index contributed by atoms with van der Waals surface area (Å²) in [6.07, 6.45) is 10.5. The number of amides is 1. The zero-order valence-electron chi connectivity index (χ0n) is 15.7. The summed E-state index contributed by atoms with van der Waals surface area (Å²) < 4.78 is 1.92. The number of aromatic nitrogens is 4. The number of anilines is 1. The number of carbonyl (C=O) groups excluding carboxylic acids is 1. The molecule has 0 atom stereocenters.